The van der Waals surface area contributed by atoms with Gasteiger partial charge in [0.1, 0.15) is 11.3 Å². The van der Waals surface area contributed by atoms with Gasteiger partial charge in [-0.15, -0.1) is 0 Å². The molecule has 0 saturated carbocycles. The highest BCUT2D eigenvalue weighted by Crippen LogP contribution is 2.32. The summed E-state index contributed by atoms with van der Waals surface area (Å²) in [5, 5.41) is 17.9. The van der Waals surface area contributed by atoms with Gasteiger partial charge in [-0.2, -0.15) is 0 Å². The molecule has 0 fully saturated rings. The summed E-state index contributed by atoms with van der Waals surface area (Å²) >= 11 is 3.05. The van der Waals surface area contributed by atoms with Crippen LogP contribution in [0.5, 0.6) is 5.75 Å². The molecule has 1 aromatic carbocycles. The van der Waals surface area contributed by atoms with Gasteiger partial charge in [0.05, 0.1) is 0 Å². The van der Waals surface area contributed by atoms with Crippen LogP contribution in [0.15, 0.2) is 23.1 Å². The van der Waals surface area contributed by atoms with E-state index in [0.29, 0.717) is 4.90 Å². The summed E-state index contributed by atoms with van der Waals surface area (Å²) in [6.45, 7) is 0. The van der Waals surface area contributed by atoms with Crippen molar-refractivity contribution in [1.29, 1.82) is 0 Å². The lowest BCUT2D eigenvalue weighted by molar-refractivity contribution is 0.0690. The summed E-state index contributed by atoms with van der Waals surface area (Å²) in [6, 6.07) is 4.55. The Morgan fingerprint density at radius 1 is 1.50 bits per heavy atom. The van der Waals surface area contributed by atoms with Crippen molar-refractivity contribution in [3.05, 3.63) is 23.8 Å². The van der Waals surface area contributed by atoms with Crippen LogP contribution < -0.4 is 0 Å². The van der Waals surface area contributed by atoms with E-state index in [9.17, 15) is 9.90 Å². The predicted molar refractivity (Wildman–Crippen MR) is 49.9 cm³/mol. The minimum atomic E-state index is -1.13. The van der Waals surface area contributed by atoms with Gasteiger partial charge in [0.15, 0.2) is 0 Å². The van der Waals surface area contributed by atoms with Gasteiger partial charge >= 0.3 is 5.97 Å². The van der Waals surface area contributed by atoms with E-state index in [0.717, 1.165) is 10.2 Å². The number of halogens is 1. The van der Waals surface area contributed by atoms with Gasteiger partial charge in [-0.05, 0) is 37.1 Å². The minimum absolute atomic E-state index is 0.0700. The summed E-state index contributed by atoms with van der Waals surface area (Å²) in [5.74, 6) is -1.35. The van der Waals surface area contributed by atoms with Gasteiger partial charge < -0.3 is 10.2 Å². The van der Waals surface area contributed by atoms with Gasteiger partial charge in [-0.25, -0.2) is 4.79 Å². The van der Waals surface area contributed by atoms with Gasteiger partial charge in [-0.1, -0.05) is 6.07 Å². The topological polar surface area (TPSA) is 57.5 Å². The quantitative estimate of drug-likeness (QED) is 0.845. The van der Waals surface area contributed by atoms with Crippen molar-refractivity contribution in [2.75, 3.05) is 0 Å². The lowest BCUT2D eigenvalue weighted by Gasteiger charge is -2.02. The van der Waals surface area contributed by atoms with E-state index in [1.165, 1.54) is 6.07 Å². The second-order valence-electron chi connectivity index (χ2n) is 2.03. The number of carboxylic acids is 1. The Bertz CT molecular complexity index is 314. The summed E-state index contributed by atoms with van der Waals surface area (Å²) < 4.78 is 0. The molecule has 0 amide bonds. The maximum Gasteiger partial charge on any atom is 0.340 e. The highest BCUT2D eigenvalue weighted by Gasteiger charge is 2.14. The van der Waals surface area contributed by atoms with Gasteiger partial charge in [0.25, 0.3) is 0 Å². The fourth-order valence-corrected chi connectivity index (χ4v) is 2.01. The van der Waals surface area contributed by atoms with Crippen molar-refractivity contribution < 1.29 is 15.0 Å². The first-order valence-electron chi connectivity index (χ1n) is 3.00. The van der Waals surface area contributed by atoms with Crippen LogP contribution in [-0.4, -0.2) is 16.2 Å². The normalized spacial score (nSPS) is 9.75. The van der Waals surface area contributed by atoms with Crippen molar-refractivity contribution in [2.24, 2.45) is 0 Å². The zero-order chi connectivity index (χ0) is 9.14. The Kier molecular flexibility index (Phi) is 2.99. The van der Waals surface area contributed by atoms with E-state index in [4.69, 9.17) is 5.11 Å². The molecule has 0 unspecified atom stereocenters. The van der Waals surface area contributed by atoms with Crippen LogP contribution in [0.4, 0.5) is 0 Å². The number of phenols is 1. The average molecular weight is 249 g/mol. The van der Waals surface area contributed by atoms with Gasteiger partial charge in [0.2, 0.25) is 0 Å². The minimum Gasteiger partial charge on any atom is -0.507 e. The number of carboxylic acid groups (broad SMARTS) is 1. The molecule has 5 heteroatoms. The van der Waals surface area contributed by atoms with Crippen molar-refractivity contribution in [3.63, 3.8) is 0 Å². The first-order valence-corrected chi connectivity index (χ1v) is 5.66. The molecule has 0 heterocycles. The molecule has 0 aliphatic heterocycles. The van der Waals surface area contributed by atoms with Crippen molar-refractivity contribution in [2.45, 2.75) is 4.90 Å². The first kappa shape index (κ1) is 9.41. The third-order valence-corrected chi connectivity index (χ3v) is 2.85. The SMILES string of the molecule is O=C(O)c1c(O)cccc1SBr. The van der Waals surface area contributed by atoms with Crippen LogP contribution in [0.1, 0.15) is 10.4 Å². The second-order valence-corrected chi connectivity index (χ2v) is 3.60. The smallest absolute Gasteiger partial charge is 0.340 e. The molecule has 1 aromatic rings. The maximum atomic E-state index is 10.6. The Balaban J connectivity index is 3.29. The molecule has 0 aromatic heterocycles. The molecule has 64 valence electrons. The number of hydrogen-bond donors (Lipinski definition) is 2. The van der Waals surface area contributed by atoms with Crippen LogP contribution in [0.2, 0.25) is 0 Å². The Labute approximate surface area is 80.6 Å². The molecule has 0 atom stereocenters. The van der Waals surface area contributed by atoms with Crippen molar-refractivity contribution in [3.8, 4) is 5.75 Å². The van der Waals surface area contributed by atoms with E-state index >= 15 is 0 Å². The summed E-state index contributed by atoms with van der Waals surface area (Å²) in [6.07, 6.45) is 0. The lowest BCUT2D eigenvalue weighted by Crippen LogP contribution is -1.98. The Morgan fingerprint density at radius 2 is 2.17 bits per heavy atom. The predicted octanol–water partition coefficient (Wildman–Crippen LogP) is 2.49. The van der Waals surface area contributed by atoms with Crippen LogP contribution in [0.25, 0.3) is 0 Å². The van der Waals surface area contributed by atoms with E-state index in [2.05, 4.69) is 14.8 Å². The molecule has 0 aliphatic carbocycles. The molecule has 1 rings (SSSR count). The zero-order valence-corrected chi connectivity index (χ0v) is 8.22. The van der Waals surface area contributed by atoms with Crippen molar-refractivity contribution in [1.82, 2.24) is 0 Å². The third kappa shape index (κ3) is 1.73. The molecule has 12 heavy (non-hydrogen) atoms. The summed E-state index contributed by atoms with van der Waals surface area (Å²) in [5.41, 5.74) is -0.0700. The standard InChI is InChI=1S/C7H5BrO3S/c8-12-5-3-1-2-4(9)6(5)7(10)11/h1-3,9H,(H,10,11). The number of carbonyl (C=O) groups is 1. The molecule has 3 nitrogen and oxygen atoms in total. The summed E-state index contributed by atoms with van der Waals surface area (Å²) in [7, 11) is 1.11. The highest BCUT2D eigenvalue weighted by atomic mass is 79.9. The number of hydrogen-bond acceptors (Lipinski definition) is 3. The molecular weight excluding hydrogens is 244 g/mol. The van der Waals surface area contributed by atoms with Gasteiger partial charge in [0, 0.05) is 4.90 Å². The van der Waals surface area contributed by atoms with Gasteiger partial charge in [-0.3, -0.25) is 0 Å². The Hall–Kier alpha value is -0.680. The fourth-order valence-electron chi connectivity index (χ4n) is 0.799. The molecule has 0 bridgehead atoms. The molecular formula is C7H5BrO3S. The average Bonchev–Trinajstić information content (AvgIpc) is 2.03. The van der Waals surface area contributed by atoms with Crippen molar-refractivity contribution >= 4 is 31.0 Å². The number of aromatic carboxylic acids is 1. The largest absolute Gasteiger partial charge is 0.507 e. The zero-order valence-electron chi connectivity index (χ0n) is 5.82. The first-order chi connectivity index (χ1) is 5.66. The Morgan fingerprint density at radius 3 is 2.58 bits per heavy atom. The fraction of sp³-hybridized carbons (Fsp3) is 0. The molecule has 0 spiro atoms. The highest BCUT2D eigenvalue weighted by molar-refractivity contribution is 9.50. The molecule has 0 aliphatic rings. The molecule has 0 radical (unpaired) electrons. The summed E-state index contributed by atoms with van der Waals surface area (Å²) in [4.78, 5) is 11.1. The van der Waals surface area contributed by atoms with Crippen LogP contribution in [0.3, 0.4) is 0 Å². The van der Waals surface area contributed by atoms with E-state index < -0.39 is 5.97 Å². The number of aromatic hydroxyl groups is 1. The second kappa shape index (κ2) is 3.82. The van der Waals surface area contributed by atoms with E-state index in [-0.39, 0.29) is 11.3 Å². The molecule has 2 N–H and O–H groups in total. The van der Waals surface area contributed by atoms with Crippen LogP contribution in [0, 0.1) is 0 Å². The van der Waals surface area contributed by atoms with E-state index in [1.807, 2.05) is 0 Å². The number of rotatable bonds is 2. The maximum absolute atomic E-state index is 10.6. The van der Waals surface area contributed by atoms with Crippen LogP contribution in [-0.2, 0) is 0 Å². The monoisotopic (exact) mass is 248 g/mol. The third-order valence-electron chi connectivity index (χ3n) is 1.30. The van der Waals surface area contributed by atoms with Crippen LogP contribution >= 0.6 is 25.0 Å². The number of benzene rings is 1. The molecule has 0 saturated heterocycles. The van der Waals surface area contributed by atoms with E-state index in [1.54, 1.807) is 12.1 Å². The lowest BCUT2D eigenvalue weighted by atomic mass is 10.2.